The molecule has 248 valence electrons. The van der Waals surface area contributed by atoms with Gasteiger partial charge in [0.2, 0.25) is 0 Å². The van der Waals surface area contributed by atoms with E-state index in [1.54, 1.807) is 7.11 Å². The van der Waals surface area contributed by atoms with Crippen molar-refractivity contribution < 1.29 is 28.5 Å². The molecule has 1 aromatic rings. The van der Waals surface area contributed by atoms with Crippen LogP contribution in [0.3, 0.4) is 0 Å². The third-order valence-electron chi connectivity index (χ3n) is 9.56. The van der Waals surface area contributed by atoms with Crippen LogP contribution in [0.2, 0.25) is 37.8 Å². The average Bonchev–Trinajstić information content (AvgIpc) is 2.93. The number of carbonyl (C=O) groups is 1. The molecule has 1 aliphatic heterocycles. The van der Waals surface area contributed by atoms with Gasteiger partial charge in [-0.15, -0.1) is 0 Å². The molecule has 0 bridgehead atoms. The summed E-state index contributed by atoms with van der Waals surface area (Å²) in [5.74, 6) is 6.66. The Morgan fingerprint density at radius 2 is 1.68 bits per heavy atom. The molecule has 0 aliphatic carbocycles. The smallest absolute Gasteiger partial charge is 0.192 e. The van der Waals surface area contributed by atoms with E-state index in [-0.39, 0.29) is 47.2 Å². The maximum Gasteiger partial charge on any atom is 0.192 e. The molecule has 0 radical (unpaired) electrons. The summed E-state index contributed by atoms with van der Waals surface area (Å²) in [7, 11) is -1.89. The number of hydrogen-bond acceptors (Lipinski definition) is 6. The van der Waals surface area contributed by atoms with Crippen LogP contribution >= 0.6 is 0 Å². The van der Waals surface area contributed by atoms with Crippen molar-refractivity contribution in [3.63, 3.8) is 0 Å². The minimum absolute atomic E-state index is 0.0362. The Bertz CT molecular complexity index is 1170. The first kappa shape index (κ1) is 38.4. The third-order valence-corrected chi connectivity index (χ3v) is 16.6. The monoisotopic (exact) mass is 644 g/mol. The summed E-state index contributed by atoms with van der Waals surface area (Å²) < 4.78 is 24.4. The number of rotatable bonds is 12. The van der Waals surface area contributed by atoms with Crippen LogP contribution in [0.1, 0.15) is 73.7 Å². The lowest BCUT2D eigenvalue weighted by molar-refractivity contribution is -0.247. The van der Waals surface area contributed by atoms with Crippen LogP contribution in [0.4, 0.5) is 0 Å². The van der Waals surface area contributed by atoms with Crippen molar-refractivity contribution in [3.05, 3.63) is 41.1 Å². The van der Waals surface area contributed by atoms with Gasteiger partial charge in [0.05, 0.1) is 34.0 Å². The molecular weight excluding hydrogens is 585 g/mol. The molecule has 1 saturated heterocycles. The number of aliphatic hydroxyl groups is 1. The summed E-state index contributed by atoms with van der Waals surface area (Å²) in [6, 6.07) is 7.56. The van der Waals surface area contributed by atoms with Crippen molar-refractivity contribution >= 4 is 22.2 Å². The van der Waals surface area contributed by atoms with Crippen LogP contribution in [0.25, 0.3) is 0 Å². The normalized spacial score (nSPS) is 23.5. The SMILES string of the molecule is COc1ccc([C@@H]2OC[C@H](C)[C@H]([C@@H](C)C(=O)C[C@H](O)C#C[C@H](C)[C@H](O[Si](C)(C)C(C)(C)C)[C@@H](C)/C=C(\C)[Si](C)(C)C)O2)cc1. The molecule has 6 nitrogen and oxygen atoms in total. The van der Waals surface area contributed by atoms with Gasteiger partial charge in [0.1, 0.15) is 17.6 Å². The van der Waals surface area contributed by atoms with E-state index in [0.29, 0.717) is 6.61 Å². The molecule has 1 aromatic carbocycles. The molecule has 0 amide bonds. The first-order valence-corrected chi connectivity index (χ1v) is 22.6. The fourth-order valence-corrected chi connectivity index (χ4v) is 7.25. The predicted octanol–water partition coefficient (Wildman–Crippen LogP) is 8.19. The molecule has 8 heteroatoms. The van der Waals surface area contributed by atoms with Crippen LogP contribution in [-0.4, -0.2) is 59.3 Å². The Balaban J connectivity index is 2.16. The molecule has 0 unspecified atom stereocenters. The molecule has 44 heavy (non-hydrogen) atoms. The second-order valence-electron chi connectivity index (χ2n) is 15.4. The standard InChI is InChI=1S/C36H60O6Si2/c1-24(33(42-44(13,14)36(6,7)8)25(2)21-27(4)43(10,11)12)15-18-30(37)22-32(38)28(5)34-26(3)23-40-35(41-34)29-16-19-31(39-9)20-17-29/h16-17,19-21,24-26,28,30,33-35,37H,22-23H2,1-14H3/b27-21+/t24-,25-,26-,28-,30+,33-,34+,35+/m0/s1. The molecule has 1 aliphatic rings. The van der Waals surface area contributed by atoms with E-state index < -0.39 is 34.7 Å². The Kier molecular flexibility index (Phi) is 13.7. The average molecular weight is 645 g/mol. The topological polar surface area (TPSA) is 74.2 Å². The number of hydrogen-bond donors (Lipinski definition) is 1. The van der Waals surface area contributed by atoms with Crippen LogP contribution in [0, 0.1) is 35.5 Å². The Morgan fingerprint density at radius 1 is 1.09 bits per heavy atom. The van der Waals surface area contributed by atoms with Crippen molar-refractivity contribution in [2.24, 2.45) is 23.7 Å². The number of methoxy groups -OCH3 is 1. The number of aliphatic hydroxyl groups excluding tert-OH is 1. The fraction of sp³-hybridized carbons (Fsp3) is 0.694. The van der Waals surface area contributed by atoms with Gasteiger partial charge in [-0.3, -0.25) is 4.79 Å². The van der Waals surface area contributed by atoms with Gasteiger partial charge in [0, 0.05) is 35.7 Å². The van der Waals surface area contributed by atoms with Gasteiger partial charge in [-0.1, -0.05) is 96.4 Å². The van der Waals surface area contributed by atoms with Gasteiger partial charge in [0.25, 0.3) is 0 Å². The molecule has 0 saturated carbocycles. The van der Waals surface area contributed by atoms with Crippen molar-refractivity contribution in [1.29, 1.82) is 0 Å². The summed E-state index contributed by atoms with van der Waals surface area (Å²) in [5.41, 5.74) is 0.876. The number of benzene rings is 1. The van der Waals surface area contributed by atoms with E-state index in [2.05, 4.69) is 92.2 Å². The van der Waals surface area contributed by atoms with Gasteiger partial charge < -0.3 is 23.7 Å². The van der Waals surface area contributed by atoms with Crippen molar-refractivity contribution in [2.45, 2.75) is 124 Å². The highest BCUT2D eigenvalue weighted by Crippen LogP contribution is 2.40. The summed E-state index contributed by atoms with van der Waals surface area (Å²) in [4.78, 5) is 13.3. The van der Waals surface area contributed by atoms with E-state index in [1.807, 2.05) is 38.1 Å². The third kappa shape index (κ3) is 10.7. The molecule has 8 atom stereocenters. The quantitative estimate of drug-likeness (QED) is 0.183. The second kappa shape index (κ2) is 15.7. The van der Waals surface area contributed by atoms with E-state index in [9.17, 15) is 9.90 Å². The van der Waals surface area contributed by atoms with Crippen molar-refractivity contribution in [3.8, 4) is 17.6 Å². The van der Waals surface area contributed by atoms with Crippen LogP contribution in [0.15, 0.2) is 35.5 Å². The lowest BCUT2D eigenvalue weighted by Crippen LogP contribution is -2.47. The lowest BCUT2D eigenvalue weighted by Gasteiger charge is -2.42. The zero-order chi connectivity index (χ0) is 33.6. The lowest BCUT2D eigenvalue weighted by atomic mass is 9.87. The second-order valence-corrected chi connectivity index (χ2v) is 25.4. The molecule has 0 spiro atoms. The summed E-state index contributed by atoms with van der Waals surface area (Å²) in [5, 5.41) is 12.4. The summed E-state index contributed by atoms with van der Waals surface area (Å²) in [6.45, 7) is 29.3. The van der Waals surface area contributed by atoms with Crippen LogP contribution in [-0.2, 0) is 18.7 Å². The zero-order valence-corrected chi connectivity index (χ0v) is 31.9. The van der Waals surface area contributed by atoms with Gasteiger partial charge in [0.15, 0.2) is 14.6 Å². The first-order valence-electron chi connectivity index (χ1n) is 16.2. The molecule has 1 fully saturated rings. The number of allylic oxidation sites excluding steroid dienone is 1. The highest BCUT2D eigenvalue weighted by Gasteiger charge is 2.41. The molecule has 0 aromatic heterocycles. The van der Waals surface area contributed by atoms with Crippen LogP contribution in [0.5, 0.6) is 5.75 Å². The number of Topliss-reactive ketones (excluding diaryl/α,β-unsaturated/α-hetero) is 1. The molecular formula is C36H60O6Si2. The van der Waals surface area contributed by atoms with Gasteiger partial charge in [-0.25, -0.2) is 0 Å². The Hall–Kier alpha value is -1.74. The van der Waals surface area contributed by atoms with Crippen LogP contribution < -0.4 is 4.74 Å². The van der Waals surface area contributed by atoms with Gasteiger partial charge in [-0.05, 0) is 44.1 Å². The van der Waals surface area contributed by atoms with E-state index >= 15 is 0 Å². The van der Waals surface area contributed by atoms with Crippen molar-refractivity contribution in [2.75, 3.05) is 13.7 Å². The number of ketones is 1. The van der Waals surface area contributed by atoms with Crippen molar-refractivity contribution in [1.82, 2.24) is 0 Å². The maximum atomic E-state index is 13.3. The predicted molar refractivity (Wildman–Crippen MR) is 186 cm³/mol. The maximum absolute atomic E-state index is 13.3. The molecule has 1 heterocycles. The summed E-state index contributed by atoms with van der Waals surface area (Å²) >= 11 is 0. The van der Waals surface area contributed by atoms with E-state index in [1.165, 1.54) is 5.20 Å². The fourth-order valence-electron chi connectivity index (χ4n) is 5.04. The Morgan fingerprint density at radius 3 is 2.20 bits per heavy atom. The first-order chi connectivity index (χ1) is 20.2. The number of carbonyl (C=O) groups excluding carboxylic acids is 1. The largest absolute Gasteiger partial charge is 0.497 e. The van der Waals surface area contributed by atoms with Gasteiger partial charge >= 0.3 is 0 Å². The number of ether oxygens (including phenoxy) is 3. The zero-order valence-electron chi connectivity index (χ0n) is 29.9. The van der Waals surface area contributed by atoms with Gasteiger partial charge in [-0.2, -0.15) is 0 Å². The minimum Gasteiger partial charge on any atom is -0.497 e. The van der Waals surface area contributed by atoms with E-state index in [0.717, 1.165) is 11.3 Å². The molecule has 2 rings (SSSR count). The highest BCUT2D eigenvalue weighted by atomic mass is 28.4. The minimum atomic E-state index is -2.08. The molecule has 1 N–H and O–H groups in total. The van der Waals surface area contributed by atoms with E-state index in [4.69, 9.17) is 18.6 Å². The summed E-state index contributed by atoms with van der Waals surface area (Å²) in [6.07, 6.45) is 0.289. The highest BCUT2D eigenvalue weighted by molar-refractivity contribution is 6.82. The Labute approximate surface area is 270 Å².